The summed E-state index contributed by atoms with van der Waals surface area (Å²) in [5.74, 6) is 1.86. The van der Waals surface area contributed by atoms with E-state index in [0.29, 0.717) is 0 Å². The molecule has 2 N–H and O–H groups in total. The summed E-state index contributed by atoms with van der Waals surface area (Å²) >= 11 is 0. The molecule has 2 aliphatic heterocycles. The van der Waals surface area contributed by atoms with E-state index in [-0.39, 0.29) is 12.0 Å². The molecule has 2 saturated heterocycles. The number of hydrogen-bond acceptors (Lipinski definition) is 3. The minimum absolute atomic E-state index is 0.141. The molecule has 5 heteroatoms. The van der Waals surface area contributed by atoms with E-state index in [1.807, 2.05) is 0 Å². The monoisotopic (exact) mass is 366 g/mol. The quantitative estimate of drug-likeness (QED) is 0.487. The third kappa shape index (κ3) is 6.12. The van der Waals surface area contributed by atoms with Crippen LogP contribution in [0.4, 0.5) is 0 Å². The molecule has 26 heavy (non-hydrogen) atoms. The lowest BCUT2D eigenvalue weighted by molar-refractivity contribution is 0.175. The zero-order valence-electron chi connectivity index (χ0n) is 17.5. The van der Waals surface area contributed by atoms with Crippen molar-refractivity contribution in [2.75, 3.05) is 52.4 Å². The molecule has 0 spiro atoms. The van der Waals surface area contributed by atoms with Crippen LogP contribution in [0.15, 0.2) is 4.99 Å². The Morgan fingerprint density at radius 3 is 2.46 bits per heavy atom. The Kier molecular flexibility index (Phi) is 9.20. The van der Waals surface area contributed by atoms with Gasteiger partial charge in [0.2, 0.25) is 0 Å². The Labute approximate surface area is 161 Å². The zero-order chi connectivity index (χ0) is 18.8. The van der Waals surface area contributed by atoms with Crippen LogP contribution in [0.25, 0.3) is 0 Å². The van der Waals surface area contributed by atoms with Crippen molar-refractivity contribution in [3.63, 3.8) is 0 Å². The second-order valence-electron chi connectivity index (χ2n) is 8.31. The molecule has 1 atom stereocenters. The van der Waals surface area contributed by atoms with E-state index in [0.717, 1.165) is 57.3 Å². The molecule has 2 heterocycles. The smallest absolute Gasteiger partial charge is 0.193 e. The number of nitrogens with zero attached hydrogens (tertiary/aromatic N) is 3. The van der Waals surface area contributed by atoms with E-state index in [2.05, 4.69) is 35.9 Å². The molecule has 0 radical (unpaired) electrons. The van der Waals surface area contributed by atoms with E-state index < -0.39 is 0 Å². The molecule has 5 nitrogen and oxygen atoms in total. The van der Waals surface area contributed by atoms with Gasteiger partial charge in [0, 0.05) is 39.3 Å². The molecular formula is C21H42N4O. The summed E-state index contributed by atoms with van der Waals surface area (Å²) in [6.07, 6.45) is 8.44. The summed E-state index contributed by atoms with van der Waals surface area (Å²) in [4.78, 5) is 10.2. The Balaban J connectivity index is 1.93. The first kappa shape index (κ1) is 21.5. The zero-order valence-corrected chi connectivity index (χ0v) is 17.5. The number of aliphatic hydroxyl groups excluding tert-OH is 1. The Morgan fingerprint density at radius 1 is 1.12 bits per heavy atom. The lowest BCUT2D eigenvalue weighted by atomic mass is 9.79. The van der Waals surface area contributed by atoms with E-state index in [4.69, 9.17) is 4.99 Å². The third-order valence-corrected chi connectivity index (χ3v) is 6.59. The van der Waals surface area contributed by atoms with Crippen LogP contribution in [-0.4, -0.2) is 73.3 Å². The van der Waals surface area contributed by atoms with Crippen molar-refractivity contribution in [2.45, 2.75) is 65.7 Å². The van der Waals surface area contributed by atoms with Gasteiger partial charge in [0.25, 0.3) is 0 Å². The number of aliphatic imine (C=N–C) groups is 1. The topological polar surface area (TPSA) is 51.1 Å². The first-order chi connectivity index (χ1) is 12.7. The summed E-state index contributed by atoms with van der Waals surface area (Å²) in [6, 6.07) is 0. The fraction of sp³-hybridized carbons (Fsp3) is 0.952. The number of aliphatic hydroxyl groups is 1. The number of hydrogen-bond donors (Lipinski definition) is 2. The molecule has 0 aromatic rings. The van der Waals surface area contributed by atoms with E-state index in [1.54, 1.807) is 0 Å². The van der Waals surface area contributed by atoms with Crippen molar-refractivity contribution in [1.29, 1.82) is 0 Å². The lowest BCUT2D eigenvalue weighted by Gasteiger charge is -2.31. The summed E-state index contributed by atoms with van der Waals surface area (Å²) in [6.45, 7) is 14.7. The van der Waals surface area contributed by atoms with Gasteiger partial charge in [-0.25, -0.2) is 0 Å². The third-order valence-electron chi connectivity index (χ3n) is 6.59. The average molecular weight is 367 g/mol. The number of piperidine rings is 1. The normalized spacial score (nSPS) is 22.8. The molecule has 0 saturated carbocycles. The molecule has 0 bridgehead atoms. The number of rotatable bonds is 9. The summed E-state index contributed by atoms with van der Waals surface area (Å²) in [5, 5.41) is 13.0. The highest BCUT2D eigenvalue weighted by atomic mass is 16.3. The van der Waals surface area contributed by atoms with Gasteiger partial charge >= 0.3 is 0 Å². The Bertz CT molecular complexity index is 416. The van der Waals surface area contributed by atoms with Gasteiger partial charge in [-0.15, -0.1) is 0 Å². The van der Waals surface area contributed by atoms with Crippen molar-refractivity contribution < 1.29 is 5.11 Å². The average Bonchev–Trinajstić information content (AvgIpc) is 3.13. The van der Waals surface area contributed by atoms with Gasteiger partial charge in [-0.05, 0) is 69.9 Å². The van der Waals surface area contributed by atoms with Gasteiger partial charge in [-0.1, -0.05) is 20.3 Å². The first-order valence-corrected chi connectivity index (χ1v) is 11.0. The van der Waals surface area contributed by atoms with Crippen LogP contribution in [-0.2, 0) is 0 Å². The summed E-state index contributed by atoms with van der Waals surface area (Å²) in [5.41, 5.74) is 0.141. The maximum atomic E-state index is 9.46. The fourth-order valence-corrected chi connectivity index (χ4v) is 4.49. The van der Waals surface area contributed by atoms with Gasteiger partial charge < -0.3 is 20.2 Å². The standard InChI is InChI=1S/C21H42N4O/c1-4-21(5-2,11-15-26)18-23-20(22-6-3)25-14-10-19(17-25)16-24-12-8-7-9-13-24/h19,26H,4-18H2,1-3H3,(H,22,23). The predicted molar refractivity (Wildman–Crippen MR) is 111 cm³/mol. The second-order valence-corrected chi connectivity index (χ2v) is 8.31. The van der Waals surface area contributed by atoms with Crippen LogP contribution in [0.2, 0.25) is 0 Å². The molecular weight excluding hydrogens is 324 g/mol. The minimum atomic E-state index is 0.141. The van der Waals surface area contributed by atoms with Crippen molar-refractivity contribution >= 4 is 5.96 Å². The van der Waals surface area contributed by atoms with Crippen molar-refractivity contribution in [3.8, 4) is 0 Å². The maximum absolute atomic E-state index is 9.46. The van der Waals surface area contributed by atoms with Crippen LogP contribution in [0.1, 0.15) is 65.7 Å². The van der Waals surface area contributed by atoms with Gasteiger partial charge in [0.15, 0.2) is 5.96 Å². The number of nitrogens with one attached hydrogen (secondary N) is 1. The fourth-order valence-electron chi connectivity index (χ4n) is 4.49. The molecule has 2 fully saturated rings. The first-order valence-electron chi connectivity index (χ1n) is 11.0. The SMILES string of the molecule is CCNC(=NCC(CC)(CC)CCO)N1CCC(CN2CCCCC2)C1. The molecule has 0 amide bonds. The summed E-state index contributed by atoms with van der Waals surface area (Å²) < 4.78 is 0. The molecule has 2 aliphatic rings. The maximum Gasteiger partial charge on any atom is 0.193 e. The predicted octanol–water partition coefficient (Wildman–Crippen LogP) is 2.95. The van der Waals surface area contributed by atoms with E-state index in [1.165, 1.54) is 45.3 Å². The highest BCUT2D eigenvalue weighted by Gasteiger charge is 2.29. The molecule has 152 valence electrons. The van der Waals surface area contributed by atoms with Crippen LogP contribution in [0.3, 0.4) is 0 Å². The van der Waals surface area contributed by atoms with Gasteiger partial charge in [-0.3, -0.25) is 4.99 Å². The molecule has 0 aromatic heterocycles. The van der Waals surface area contributed by atoms with E-state index in [9.17, 15) is 5.11 Å². The molecule has 0 aliphatic carbocycles. The highest BCUT2D eigenvalue weighted by Crippen LogP contribution is 2.31. The van der Waals surface area contributed by atoms with Crippen molar-refractivity contribution in [1.82, 2.24) is 15.1 Å². The van der Waals surface area contributed by atoms with Crippen LogP contribution in [0.5, 0.6) is 0 Å². The van der Waals surface area contributed by atoms with E-state index >= 15 is 0 Å². The largest absolute Gasteiger partial charge is 0.396 e. The van der Waals surface area contributed by atoms with Crippen LogP contribution in [0, 0.1) is 11.3 Å². The Hall–Kier alpha value is -0.810. The van der Waals surface area contributed by atoms with Gasteiger partial charge in [0.1, 0.15) is 0 Å². The lowest BCUT2D eigenvalue weighted by Crippen LogP contribution is -2.42. The molecule has 2 rings (SSSR count). The van der Waals surface area contributed by atoms with Gasteiger partial charge in [0.05, 0.1) is 0 Å². The second kappa shape index (κ2) is 11.1. The Morgan fingerprint density at radius 2 is 1.85 bits per heavy atom. The van der Waals surface area contributed by atoms with Crippen LogP contribution >= 0.6 is 0 Å². The van der Waals surface area contributed by atoms with Crippen molar-refractivity contribution in [3.05, 3.63) is 0 Å². The van der Waals surface area contributed by atoms with Crippen molar-refractivity contribution in [2.24, 2.45) is 16.3 Å². The molecule has 1 unspecified atom stereocenters. The number of guanidine groups is 1. The van der Waals surface area contributed by atoms with Gasteiger partial charge in [-0.2, -0.15) is 0 Å². The highest BCUT2D eigenvalue weighted by molar-refractivity contribution is 5.80. The van der Waals surface area contributed by atoms with Crippen LogP contribution < -0.4 is 5.32 Å². The number of likely N-dealkylation sites (tertiary alicyclic amines) is 2. The minimum Gasteiger partial charge on any atom is -0.396 e. The molecule has 0 aromatic carbocycles. The summed E-state index contributed by atoms with van der Waals surface area (Å²) in [7, 11) is 0.